The minimum atomic E-state index is -0.111. The van der Waals surface area contributed by atoms with Crippen molar-refractivity contribution < 1.29 is 4.74 Å². The summed E-state index contributed by atoms with van der Waals surface area (Å²) in [5, 5.41) is 1.02. The number of ether oxygens (including phenoxy) is 1. The van der Waals surface area contributed by atoms with E-state index in [2.05, 4.69) is 4.98 Å². The number of hydrogen-bond donors (Lipinski definition) is 0. The van der Waals surface area contributed by atoms with Gasteiger partial charge in [0, 0.05) is 11.1 Å². The number of methoxy groups -OCH3 is 1. The van der Waals surface area contributed by atoms with Crippen molar-refractivity contribution in [2.45, 2.75) is 20.4 Å². The number of aromatic nitrogens is 2. The highest BCUT2D eigenvalue weighted by molar-refractivity contribution is 7.11. The number of nitrogens with zero attached hydrogens (tertiary/aromatic N) is 2. The molecule has 0 radical (unpaired) electrons. The Labute approximate surface area is 104 Å². The van der Waals surface area contributed by atoms with E-state index in [4.69, 9.17) is 4.74 Å². The van der Waals surface area contributed by atoms with Gasteiger partial charge in [0.2, 0.25) is 0 Å². The number of aryl methyl sites for hydroxylation is 2. The third-order valence-corrected chi connectivity index (χ3v) is 3.58. The molecule has 0 saturated heterocycles. The van der Waals surface area contributed by atoms with Crippen LogP contribution in [0, 0.1) is 13.8 Å². The maximum absolute atomic E-state index is 11.9. The molecule has 0 fully saturated rings. The van der Waals surface area contributed by atoms with Crippen molar-refractivity contribution >= 4 is 11.3 Å². The van der Waals surface area contributed by atoms with Crippen molar-refractivity contribution in [3.8, 4) is 5.75 Å². The van der Waals surface area contributed by atoms with Gasteiger partial charge in [-0.15, -0.1) is 11.3 Å². The zero-order valence-corrected chi connectivity index (χ0v) is 10.9. The van der Waals surface area contributed by atoms with Crippen LogP contribution in [0.25, 0.3) is 0 Å². The molecule has 0 aliphatic heterocycles. The minimum absolute atomic E-state index is 0.111. The number of hydrogen-bond acceptors (Lipinski definition) is 4. The summed E-state index contributed by atoms with van der Waals surface area (Å²) < 4.78 is 6.65. The maximum atomic E-state index is 11.9. The van der Waals surface area contributed by atoms with Crippen LogP contribution in [0.15, 0.2) is 23.1 Å². The molecule has 0 saturated carbocycles. The molecule has 2 aromatic heterocycles. The Balaban J connectivity index is 2.37. The molecule has 90 valence electrons. The summed E-state index contributed by atoms with van der Waals surface area (Å²) in [5.41, 5.74) is 0.877. The Morgan fingerprint density at radius 3 is 2.82 bits per heavy atom. The van der Waals surface area contributed by atoms with Crippen LogP contribution in [0.3, 0.4) is 0 Å². The fourth-order valence-electron chi connectivity index (χ4n) is 1.67. The molecule has 0 bridgehead atoms. The highest BCUT2D eigenvalue weighted by atomic mass is 32.1. The Morgan fingerprint density at radius 2 is 2.24 bits per heavy atom. The van der Waals surface area contributed by atoms with Crippen LogP contribution in [0.1, 0.15) is 15.6 Å². The van der Waals surface area contributed by atoms with E-state index in [0.29, 0.717) is 12.3 Å². The number of rotatable bonds is 3. The molecule has 0 aromatic carbocycles. The van der Waals surface area contributed by atoms with Gasteiger partial charge >= 0.3 is 0 Å². The van der Waals surface area contributed by atoms with E-state index < -0.39 is 0 Å². The quantitative estimate of drug-likeness (QED) is 0.836. The molecule has 0 spiro atoms. The lowest BCUT2D eigenvalue weighted by Crippen LogP contribution is -2.20. The highest BCUT2D eigenvalue weighted by Gasteiger charge is 2.08. The normalized spacial score (nSPS) is 10.5. The van der Waals surface area contributed by atoms with Gasteiger partial charge in [-0.05, 0) is 26.0 Å². The third kappa shape index (κ3) is 2.39. The average molecular weight is 250 g/mol. The van der Waals surface area contributed by atoms with Crippen molar-refractivity contribution in [1.82, 2.24) is 9.55 Å². The lowest BCUT2D eigenvalue weighted by molar-refractivity contribution is 0.403. The molecular weight excluding hydrogens is 236 g/mol. The largest absolute Gasteiger partial charge is 0.491 e. The van der Waals surface area contributed by atoms with E-state index in [1.54, 1.807) is 28.2 Å². The Bertz CT molecular complexity index is 586. The van der Waals surface area contributed by atoms with Gasteiger partial charge in [0.15, 0.2) is 5.75 Å². The van der Waals surface area contributed by atoms with E-state index in [0.717, 1.165) is 15.6 Å². The van der Waals surface area contributed by atoms with E-state index in [-0.39, 0.29) is 5.56 Å². The Hall–Kier alpha value is -1.62. The molecule has 2 aromatic rings. The predicted octanol–water partition coefficient (Wildman–Crippen LogP) is 1.98. The molecule has 2 heterocycles. The smallest absolute Gasteiger partial charge is 0.293 e. The van der Waals surface area contributed by atoms with Crippen LogP contribution < -0.4 is 10.3 Å². The summed E-state index contributed by atoms with van der Waals surface area (Å²) in [4.78, 5) is 17.4. The monoisotopic (exact) mass is 250 g/mol. The van der Waals surface area contributed by atoms with E-state index >= 15 is 0 Å². The molecule has 0 amide bonds. The van der Waals surface area contributed by atoms with Crippen LogP contribution in [0.2, 0.25) is 0 Å². The van der Waals surface area contributed by atoms with Gasteiger partial charge in [0.1, 0.15) is 0 Å². The van der Waals surface area contributed by atoms with Crippen molar-refractivity contribution in [2.24, 2.45) is 0 Å². The summed E-state index contributed by atoms with van der Waals surface area (Å²) in [7, 11) is 1.50. The summed E-state index contributed by atoms with van der Waals surface area (Å²) in [6.45, 7) is 4.48. The molecule has 0 N–H and O–H groups in total. The number of pyridine rings is 1. The first-order valence-electron chi connectivity index (χ1n) is 5.28. The van der Waals surface area contributed by atoms with Crippen molar-refractivity contribution in [1.29, 1.82) is 0 Å². The zero-order valence-electron chi connectivity index (χ0n) is 10.1. The van der Waals surface area contributed by atoms with Crippen molar-refractivity contribution in [2.75, 3.05) is 7.11 Å². The molecule has 0 aliphatic carbocycles. The lowest BCUT2D eigenvalue weighted by atomic mass is 10.3. The molecule has 4 nitrogen and oxygen atoms in total. The zero-order chi connectivity index (χ0) is 12.4. The second-order valence-corrected chi connectivity index (χ2v) is 5.04. The summed E-state index contributed by atoms with van der Waals surface area (Å²) in [6.07, 6.45) is 1.76. The number of thiazole rings is 1. The van der Waals surface area contributed by atoms with Gasteiger partial charge in [0.25, 0.3) is 5.56 Å². The van der Waals surface area contributed by atoms with Crippen LogP contribution in [-0.2, 0) is 6.54 Å². The van der Waals surface area contributed by atoms with E-state index in [1.807, 2.05) is 19.9 Å². The second-order valence-electron chi connectivity index (χ2n) is 3.75. The molecule has 0 aliphatic rings. The maximum Gasteiger partial charge on any atom is 0.293 e. The van der Waals surface area contributed by atoms with E-state index in [9.17, 15) is 4.79 Å². The topological polar surface area (TPSA) is 44.1 Å². The van der Waals surface area contributed by atoms with Crippen LogP contribution in [0.4, 0.5) is 0 Å². The second kappa shape index (κ2) is 4.71. The van der Waals surface area contributed by atoms with Crippen LogP contribution >= 0.6 is 11.3 Å². The first-order chi connectivity index (χ1) is 8.11. The lowest BCUT2D eigenvalue weighted by Gasteiger charge is -2.06. The first-order valence-corrected chi connectivity index (χ1v) is 6.10. The van der Waals surface area contributed by atoms with Gasteiger partial charge in [-0.25, -0.2) is 4.98 Å². The molecule has 2 rings (SSSR count). The molecule has 0 unspecified atom stereocenters. The Kier molecular flexibility index (Phi) is 3.28. The van der Waals surface area contributed by atoms with Crippen molar-refractivity contribution in [3.05, 3.63) is 44.3 Å². The predicted molar refractivity (Wildman–Crippen MR) is 67.9 cm³/mol. The molecular formula is C12H14N2O2S. The van der Waals surface area contributed by atoms with E-state index in [1.165, 1.54) is 7.11 Å². The van der Waals surface area contributed by atoms with Gasteiger partial charge in [0.05, 0.1) is 24.4 Å². The Morgan fingerprint density at radius 1 is 1.47 bits per heavy atom. The van der Waals surface area contributed by atoms with Gasteiger partial charge in [-0.2, -0.15) is 0 Å². The van der Waals surface area contributed by atoms with Gasteiger partial charge in [-0.1, -0.05) is 0 Å². The summed E-state index contributed by atoms with van der Waals surface area (Å²) in [6, 6.07) is 3.48. The minimum Gasteiger partial charge on any atom is -0.491 e. The fraction of sp³-hybridized carbons (Fsp3) is 0.333. The van der Waals surface area contributed by atoms with Crippen LogP contribution in [-0.4, -0.2) is 16.7 Å². The van der Waals surface area contributed by atoms with Crippen molar-refractivity contribution in [3.63, 3.8) is 0 Å². The van der Waals surface area contributed by atoms with Gasteiger partial charge < -0.3 is 9.30 Å². The fourth-order valence-corrected chi connectivity index (χ4v) is 2.61. The first kappa shape index (κ1) is 11.9. The molecule has 0 atom stereocenters. The average Bonchev–Trinajstić information content (AvgIpc) is 2.60. The summed E-state index contributed by atoms with van der Waals surface area (Å²) >= 11 is 1.62. The summed E-state index contributed by atoms with van der Waals surface area (Å²) in [5.74, 6) is 0.367. The molecule has 5 heteroatoms. The standard InChI is InChI=1S/C12H14N2O2S/c1-8-11(17-9(2)13-8)7-14-6-4-5-10(16-3)12(14)15/h4-6H,7H2,1-3H3. The SMILES string of the molecule is COc1cccn(Cc2sc(C)nc2C)c1=O. The third-order valence-electron chi connectivity index (χ3n) is 2.52. The van der Waals surface area contributed by atoms with Gasteiger partial charge in [-0.3, -0.25) is 4.79 Å². The molecule has 17 heavy (non-hydrogen) atoms. The highest BCUT2D eigenvalue weighted by Crippen LogP contribution is 2.18. The van der Waals surface area contributed by atoms with Crippen LogP contribution in [0.5, 0.6) is 5.75 Å².